The van der Waals surface area contributed by atoms with Crippen molar-refractivity contribution in [2.75, 3.05) is 13.2 Å². The minimum Gasteiger partial charge on any atom is -0.450 e. The molecule has 0 aromatic rings. The van der Waals surface area contributed by atoms with E-state index in [2.05, 4.69) is 0 Å². The van der Waals surface area contributed by atoms with Crippen molar-refractivity contribution in [3.63, 3.8) is 0 Å². The second-order valence-corrected chi connectivity index (χ2v) is 2.04. The number of nitrogens with two attached hydrogens (primary N) is 1. The van der Waals surface area contributed by atoms with Crippen LogP contribution in [0, 0.1) is 0 Å². The minimum atomic E-state index is -1.83. The summed E-state index contributed by atoms with van der Waals surface area (Å²) in [6.07, 6.45) is -1.02. The highest BCUT2D eigenvalue weighted by atomic mass is 16.6. The van der Waals surface area contributed by atoms with Crippen molar-refractivity contribution in [3.8, 4) is 0 Å². The lowest BCUT2D eigenvalue weighted by Gasteiger charge is -2.03. The van der Waals surface area contributed by atoms with Gasteiger partial charge in [-0.05, 0) is 12.8 Å². The van der Waals surface area contributed by atoms with E-state index in [1.54, 1.807) is 0 Å². The summed E-state index contributed by atoms with van der Waals surface area (Å²) < 4.78 is 0. The lowest BCUT2D eigenvalue weighted by molar-refractivity contribution is 0.137. The summed E-state index contributed by atoms with van der Waals surface area (Å²) in [5.41, 5.74) is 5.08. The van der Waals surface area contributed by atoms with Gasteiger partial charge in [-0.3, -0.25) is 0 Å². The average Bonchev–Trinajstić information content (AvgIpc) is 1.99. The summed E-state index contributed by atoms with van der Waals surface area (Å²) in [4.78, 5) is 8.56. The van der Waals surface area contributed by atoms with Crippen LogP contribution < -0.4 is 5.73 Å². The lowest BCUT2D eigenvalue weighted by Crippen LogP contribution is -2.19. The monoisotopic (exact) mass is 181 g/mol. The Bertz CT molecular complexity index is 104. The van der Waals surface area contributed by atoms with Crippen molar-refractivity contribution in [1.29, 1.82) is 0 Å². The molecule has 0 aromatic heterocycles. The van der Waals surface area contributed by atoms with Crippen LogP contribution in [-0.4, -0.2) is 45.8 Å². The molecule has 6 heteroatoms. The molecule has 0 fully saturated rings. The highest BCUT2D eigenvalue weighted by Crippen LogP contribution is 1.92. The normalized spacial score (nSPS) is 11.2. The van der Waals surface area contributed by atoms with E-state index in [4.69, 9.17) is 31.0 Å². The molecular formula is C6H15NO5. The number of rotatable bonds is 4. The standard InChI is InChI=1S/C5H13NO2.CH2O3/c6-4-5(8)2-1-3-7;2-1(3)4/h5,7-8H,1-4,6H2;(H2,2,3,4). The molecule has 0 spiro atoms. The highest BCUT2D eigenvalue weighted by molar-refractivity contribution is 5.53. The maximum Gasteiger partial charge on any atom is 0.503 e. The topological polar surface area (TPSA) is 124 Å². The van der Waals surface area contributed by atoms with Gasteiger partial charge in [0.15, 0.2) is 0 Å². The Hall–Kier alpha value is -0.850. The van der Waals surface area contributed by atoms with Crippen LogP contribution in [0.3, 0.4) is 0 Å². The molecule has 0 heterocycles. The molecule has 0 amide bonds. The summed E-state index contributed by atoms with van der Waals surface area (Å²) in [5, 5.41) is 31.0. The molecular weight excluding hydrogens is 166 g/mol. The van der Waals surface area contributed by atoms with Gasteiger partial charge in [-0.2, -0.15) is 0 Å². The van der Waals surface area contributed by atoms with Crippen LogP contribution in [0.4, 0.5) is 4.79 Å². The number of aliphatic hydroxyl groups excluding tert-OH is 2. The van der Waals surface area contributed by atoms with E-state index in [0.29, 0.717) is 19.4 Å². The summed E-state index contributed by atoms with van der Waals surface area (Å²) >= 11 is 0. The number of aliphatic hydroxyl groups is 2. The molecule has 0 aliphatic carbocycles. The molecule has 0 saturated heterocycles. The van der Waals surface area contributed by atoms with Gasteiger partial charge in [0, 0.05) is 13.2 Å². The van der Waals surface area contributed by atoms with Gasteiger partial charge in [-0.1, -0.05) is 0 Å². The van der Waals surface area contributed by atoms with Crippen LogP contribution in [-0.2, 0) is 0 Å². The summed E-state index contributed by atoms with van der Waals surface area (Å²) in [6, 6.07) is 0. The first-order valence-electron chi connectivity index (χ1n) is 3.45. The van der Waals surface area contributed by atoms with Crippen LogP contribution in [0.5, 0.6) is 0 Å². The van der Waals surface area contributed by atoms with Gasteiger partial charge in [0.25, 0.3) is 0 Å². The van der Waals surface area contributed by atoms with E-state index in [0.717, 1.165) is 0 Å². The van der Waals surface area contributed by atoms with E-state index >= 15 is 0 Å². The second kappa shape index (κ2) is 10.2. The Morgan fingerprint density at radius 3 is 2.08 bits per heavy atom. The zero-order valence-electron chi connectivity index (χ0n) is 6.68. The van der Waals surface area contributed by atoms with Crippen molar-refractivity contribution < 1.29 is 25.2 Å². The van der Waals surface area contributed by atoms with Crippen LogP contribution in [0.25, 0.3) is 0 Å². The van der Waals surface area contributed by atoms with Gasteiger partial charge in [0.05, 0.1) is 6.10 Å². The van der Waals surface area contributed by atoms with Gasteiger partial charge in [0.2, 0.25) is 0 Å². The quantitative estimate of drug-likeness (QED) is 0.390. The third-order valence-corrected chi connectivity index (χ3v) is 0.968. The molecule has 1 atom stereocenters. The molecule has 0 aliphatic rings. The predicted molar refractivity (Wildman–Crippen MR) is 42.0 cm³/mol. The van der Waals surface area contributed by atoms with Crippen molar-refractivity contribution in [2.24, 2.45) is 5.73 Å². The van der Waals surface area contributed by atoms with Crippen molar-refractivity contribution in [1.82, 2.24) is 0 Å². The molecule has 0 aliphatic heterocycles. The van der Waals surface area contributed by atoms with Crippen LogP contribution in [0.1, 0.15) is 12.8 Å². The van der Waals surface area contributed by atoms with Gasteiger partial charge in [-0.25, -0.2) is 4.79 Å². The smallest absolute Gasteiger partial charge is 0.450 e. The molecule has 6 nitrogen and oxygen atoms in total. The Labute approximate surface area is 70.2 Å². The number of carboxylic acid groups (broad SMARTS) is 2. The number of hydrogen-bond donors (Lipinski definition) is 5. The van der Waals surface area contributed by atoms with Gasteiger partial charge < -0.3 is 26.2 Å². The van der Waals surface area contributed by atoms with Crippen molar-refractivity contribution >= 4 is 6.16 Å². The van der Waals surface area contributed by atoms with E-state index in [9.17, 15) is 0 Å². The van der Waals surface area contributed by atoms with Crippen LogP contribution in [0.15, 0.2) is 0 Å². The molecule has 0 aromatic carbocycles. The zero-order chi connectivity index (χ0) is 9.98. The van der Waals surface area contributed by atoms with Gasteiger partial charge in [0.1, 0.15) is 0 Å². The van der Waals surface area contributed by atoms with Gasteiger partial charge >= 0.3 is 6.16 Å². The Kier molecular flexibility index (Phi) is 11.6. The molecule has 0 saturated carbocycles. The predicted octanol–water partition coefficient (Wildman–Crippen LogP) is -0.699. The molecule has 0 bridgehead atoms. The highest BCUT2D eigenvalue weighted by Gasteiger charge is 1.97. The van der Waals surface area contributed by atoms with E-state index in [1.165, 1.54) is 0 Å². The summed E-state index contributed by atoms with van der Waals surface area (Å²) in [7, 11) is 0. The van der Waals surface area contributed by atoms with Crippen molar-refractivity contribution in [3.05, 3.63) is 0 Å². The number of hydrogen-bond acceptors (Lipinski definition) is 4. The van der Waals surface area contributed by atoms with Crippen LogP contribution >= 0.6 is 0 Å². The maximum absolute atomic E-state index is 8.75. The second-order valence-electron chi connectivity index (χ2n) is 2.04. The first kappa shape index (κ1) is 13.7. The fourth-order valence-corrected chi connectivity index (χ4v) is 0.445. The van der Waals surface area contributed by atoms with Crippen LogP contribution in [0.2, 0.25) is 0 Å². The first-order valence-corrected chi connectivity index (χ1v) is 3.45. The lowest BCUT2D eigenvalue weighted by atomic mass is 10.2. The maximum atomic E-state index is 8.75. The van der Waals surface area contributed by atoms with E-state index < -0.39 is 12.3 Å². The molecule has 0 radical (unpaired) electrons. The first-order chi connectivity index (χ1) is 5.54. The average molecular weight is 181 g/mol. The third-order valence-electron chi connectivity index (χ3n) is 0.968. The zero-order valence-corrected chi connectivity index (χ0v) is 6.68. The summed E-state index contributed by atoms with van der Waals surface area (Å²) in [5.74, 6) is 0. The largest absolute Gasteiger partial charge is 0.503 e. The Morgan fingerprint density at radius 1 is 1.42 bits per heavy atom. The SMILES string of the molecule is NCC(O)CCCO.O=C(O)O. The molecule has 1 unspecified atom stereocenters. The Balaban J connectivity index is 0. The fraction of sp³-hybridized carbons (Fsp3) is 0.833. The van der Waals surface area contributed by atoms with Gasteiger partial charge in [-0.15, -0.1) is 0 Å². The molecule has 74 valence electrons. The van der Waals surface area contributed by atoms with E-state index in [-0.39, 0.29) is 6.61 Å². The fourth-order valence-electron chi connectivity index (χ4n) is 0.445. The molecule has 12 heavy (non-hydrogen) atoms. The minimum absolute atomic E-state index is 0.136. The summed E-state index contributed by atoms with van der Waals surface area (Å²) in [6.45, 7) is 0.428. The van der Waals surface area contributed by atoms with E-state index in [1.807, 2.05) is 0 Å². The molecule has 6 N–H and O–H groups in total. The molecule has 0 rings (SSSR count). The van der Waals surface area contributed by atoms with Crippen molar-refractivity contribution in [2.45, 2.75) is 18.9 Å². The third kappa shape index (κ3) is 22.9. The number of carbonyl (C=O) groups is 1. The Morgan fingerprint density at radius 2 is 1.83 bits per heavy atom.